The summed E-state index contributed by atoms with van der Waals surface area (Å²) in [5.74, 6) is 0.0472. The normalized spacial score (nSPS) is 21.0. The summed E-state index contributed by atoms with van der Waals surface area (Å²) in [5, 5.41) is 5.39. The maximum Gasteiger partial charge on any atom is 0.407 e. The van der Waals surface area contributed by atoms with Crippen LogP contribution < -0.4 is 10.6 Å². The molecular weight excluding hydrogens is 196 g/mol. The lowest BCUT2D eigenvalue weighted by molar-refractivity contribution is -0.119. The van der Waals surface area contributed by atoms with Gasteiger partial charge in [-0.05, 0) is 27.2 Å². The lowest BCUT2D eigenvalue weighted by Gasteiger charge is -2.20. The number of ether oxygens (including phenoxy) is 1. The van der Waals surface area contributed by atoms with E-state index in [1.807, 2.05) is 20.8 Å². The third-order valence-corrected chi connectivity index (χ3v) is 1.98. The van der Waals surface area contributed by atoms with E-state index in [9.17, 15) is 9.59 Å². The van der Waals surface area contributed by atoms with E-state index in [1.54, 1.807) is 0 Å². The molecule has 0 saturated carbocycles. The van der Waals surface area contributed by atoms with Gasteiger partial charge in [-0.15, -0.1) is 0 Å². The predicted octanol–water partition coefficient (Wildman–Crippen LogP) is 0.790. The smallest absolute Gasteiger partial charge is 0.407 e. The summed E-state index contributed by atoms with van der Waals surface area (Å²) in [6.45, 7) is 5.86. The SMILES string of the molecule is CC(C)(C)OC(=O)NCC1CCC(=O)N1. The van der Waals surface area contributed by atoms with E-state index in [2.05, 4.69) is 10.6 Å². The van der Waals surface area contributed by atoms with E-state index >= 15 is 0 Å². The monoisotopic (exact) mass is 214 g/mol. The highest BCUT2D eigenvalue weighted by Crippen LogP contribution is 2.08. The molecule has 1 saturated heterocycles. The van der Waals surface area contributed by atoms with Crippen molar-refractivity contribution in [2.24, 2.45) is 0 Å². The van der Waals surface area contributed by atoms with Crippen LogP contribution in [0.15, 0.2) is 0 Å². The molecule has 0 radical (unpaired) electrons. The largest absolute Gasteiger partial charge is 0.444 e. The number of carbonyl (C=O) groups excluding carboxylic acids is 2. The molecule has 0 spiro atoms. The van der Waals surface area contributed by atoms with Crippen molar-refractivity contribution in [1.29, 1.82) is 0 Å². The highest BCUT2D eigenvalue weighted by atomic mass is 16.6. The van der Waals surface area contributed by atoms with Crippen molar-refractivity contribution in [1.82, 2.24) is 10.6 Å². The second kappa shape index (κ2) is 4.51. The quantitative estimate of drug-likeness (QED) is 0.714. The summed E-state index contributed by atoms with van der Waals surface area (Å²) in [5.41, 5.74) is -0.483. The van der Waals surface area contributed by atoms with Gasteiger partial charge in [0.1, 0.15) is 5.60 Å². The Morgan fingerprint density at radius 1 is 1.60 bits per heavy atom. The average molecular weight is 214 g/mol. The van der Waals surface area contributed by atoms with E-state index in [0.29, 0.717) is 13.0 Å². The van der Waals surface area contributed by atoms with Gasteiger partial charge < -0.3 is 15.4 Å². The Morgan fingerprint density at radius 2 is 2.27 bits per heavy atom. The number of hydrogen-bond acceptors (Lipinski definition) is 3. The zero-order chi connectivity index (χ0) is 11.5. The van der Waals surface area contributed by atoms with Gasteiger partial charge in [0, 0.05) is 19.0 Å². The lowest BCUT2D eigenvalue weighted by Crippen LogP contribution is -2.40. The zero-order valence-corrected chi connectivity index (χ0v) is 9.42. The molecule has 2 amide bonds. The number of nitrogens with one attached hydrogen (secondary N) is 2. The van der Waals surface area contributed by atoms with Crippen LogP contribution in [0.4, 0.5) is 4.79 Å². The molecule has 1 aliphatic heterocycles. The molecular formula is C10H18N2O3. The molecule has 1 aliphatic rings. The molecule has 0 aliphatic carbocycles. The molecule has 1 rings (SSSR count). The van der Waals surface area contributed by atoms with Gasteiger partial charge in [0.05, 0.1) is 0 Å². The Hall–Kier alpha value is -1.26. The predicted molar refractivity (Wildman–Crippen MR) is 55.4 cm³/mol. The highest BCUT2D eigenvalue weighted by Gasteiger charge is 2.22. The maximum absolute atomic E-state index is 11.3. The third kappa shape index (κ3) is 4.67. The number of hydrogen-bond donors (Lipinski definition) is 2. The van der Waals surface area contributed by atoms with E-state index in [0.717, 1.165) is 6.42 Å². The van der Waals surface area contributed by atoms with Crippen molar-refractivity contribution in [3.05, 3.63) is 0 Å². The first kappa shape index (κ1) is 11.8. The highest BCUT2D eigenvalue weighted by molar-refractivity contribution is 5.78. The molecule has 0 bridgehead atoms. The van der Waals surface area contributed by atoms with Crippen molar-refractivity contribution in [3.8, 4) is 0 Å². The molecule has 0 aromatic rings. The minimum atomic E-state index is -0.483. The fourth-order valence-electron chi connectivity index (χ4n) is 1.35. The average Bonchev–Trinajstić information content (AvgIpc) is 2.45. The van der Waals surface area contributed by atoms with Gasteiger partial charge in [0.25, 0.3) is 0 Å². The molecule has 1 unspecified atom stereocenters. The summed E-state index contributed by atoms with van der Waals surface area (Å²) in [6, 6.07) is 0.0463. The first-order valence-electron chi connectivity index (χ1n) is 5.13. The molecule has 1 heterocycles. The molecule has 0 aromatic carbocycles. The first-order valence-corrected chi connectivity index (χ1v) is 5.13. The van der Waals surface area contributed by atoms with Crippen LogP contribution in [-0.2, 0) is 9.53 Å². The minimum absolute atomic E-state index is 0.0463. The van der Waals surface area contributed by atoms with Crippen molar-refractivity contribution in [2.45, 2.75) is 45.3 Å². The standard InChI is InChI=1S/C10H18N2O3/c1-10(2,3)15-9(14)11-6-7-4-5-8(13)12-7/h7H,4-6H2,1-3H3,(H,11,14)(H,12,13). The second-order valence-electron chi connectivity index (χ2n) is 4.69. The Kier molecular flexibility index (Phi) is 3.55. The van der Waals surface area contributed by atoms with Crippen molar-refractivity contribution >= 4 is 12.0 Å². The van der Waals surface area contributed by atoms with Gasteiger partial charge in [0.2, 0.25) is 5.91 Å². The molecule has 5 nitrogen and oxygen atoms in total. The van der Waals surface area contributed by atoms with Gasteiger partial charge >= 0.3 is 6.09 Å². The van der Waals surface area contributed by atoms with Crippen LogP contribution in [0.1, 0.15) is 33.6 Å². The van der Waals surface area contributed by atoms with Gasteiger partial charge in [-0.3, -0.25) is 4.79 Å². The Morgan fingerprint density at radius 3 is 2.73 bits per heavy atom. The lowest BCUT2D eigenvalue weighted by atomic mass is 10.2. The van der Waals surface area contributed by atoms with Crippen LogP contribution in [0.5, 0.6) is 0 Å². The van der Waals surface area contributed by atoms with Gasteiger partial charge in [0.15, 0.2) is 0 Å². The molecule has 15 heavy (non-hydrogen) atoms. The topological polar surface area (TPSA) is 67.4 Å². The fourth-order valence-corrected chi connectivity index (χ4v) is 1.35. The van der Waals surface area contributed by atoms with Gasteiger partial charge in [-0.1, -0.05) is 0 Å². The number of amides is 2. The van der Waals surface area contributed by atoms with Crippen LogP contribution in [0.2, 0.25) is 0 Å². The molecule has 1 atom stereocenters. The maximum atomic E-state index is 11.3. The molecule has 0 aromatic heterocycles. The van der Waals surface area contributed by atoms with Crippen LogP contribution >= 0.6 is 0 Å². The van der Waals surface area contributed by atoms with Crippen molar-refractivity contribution in [2.75, 3.05) is 6.54 Å². The Bertz CT molecular complexity index is 258. The number of carbonyl (C=O) groups is 2. The number of alkyl carbamates (subject to hydrolysis) is 1. The molecule has 5 heteroatoms. The zero-order valence-electron chi connectivity index (χ0n) is 9.42. The molecule has 86 valence electrons. The molecule has 1 fully saturated rings. The summed E-state index contributed by atoms with van der Waals surface area (Å²) in [6.07, 6.45) is 0.874. The minimum Gasteiger partial charge on any atom is -0.444 e. The van der Waals surface area contributed by atoms with E-state index in [1.165, 1.54) is 0 Å². The Labute approximate surface area is 89.6 Å². The number of rotatable bonds is 2. The van der Waals surface area contributed by atoms with Crippen LogP contribution in [0.25, 0.3) is 0 Å². The van der Waals surface area contributed by atoms with Crippen molar-refractivity contribution < 1.29 is 14.3 Å². The Balaban J connectivity index is 2.20. The van der Waals surface area contributed by atoms with Crippen LogP contribution in [0.3, 0.4) is 0 Å². The summed E-state index contributed by atoms with van der Waals surface area (Å²) in [7, 11) is 0. The summed E-state index contributed by atoms with van der Waals surface area (Å²) < 4.78 is 5.06. The molecule has 2 N–H and O–H groups in total. The first-order chi connectivity index (χ1) is 6.87. The fraction of sp³-hybridized carbons (Fsp3) is 0.800. The summed E-state index contributed by atoms with van der Waals surface area (Å²) >= 11 is 0. The van der Waals surface area contributed by atoms with E-state index in [-0.39, 0.29) is 11.9 Å². The van der Waals surface area contributed by atoms with Crippen LogP contribution in [-0.4, -0.2) is 30.2 Å². The van der Waals surface area contributed by atoms with Crippen molar-refractivity contribution in [3.63, 3.8) is 0 Å². The van der Waals surface area contributed by atoms with E-state index < -0.39 is 11.7 Å². The third-order valence-electron chi connectivity index (χ3n) is 1.98. The summed E-state index contributed by atoms with van der Waals surface area (Å²) in [4.78, 5) is 22.1. The van der Waals surface area contributed by atoms with E-state index in [4.69, 9.17) is 4.74 Å². The van der Waals surface area contributed by atoms with Gasteiger partial charge in [-0.2, -0.15) is 0 Å². The second-order valence-corrected chi connectivity index (χ2v) is 4.69. The van der Waals surface area contributed by atoms with Gasteiger partial charge in [-0.25, -0.2) is 4.79 Å². The van der Waals surface area contributed by atoms with Crippen LogP contribution in [0, 0.1) is 0 Å².